The highest BCUT2D eigenvalue weighted by Crippen LogP contribution is 2.17. The molecule has 0 saturated heterocycles. The van der Waals surface area contributed by atoms with Crippen LogP contribution in [0.4, 0.5) is 11.4 Å². The summed E-state index contributed by atoms with van der Waals surface area (Å²) in [6, 6.07) is 12.8. The number of nitrogens with one attached hydrogen (secondary N) is 1. The number of esters is 1. The molecule has 0 aliphatic carbocycles. The first-order valence-electron chi connectivity index (χ1n) is 8.27. The van der Waals surface area contributed by atoms with Gasteiger partial charge in [-0.15, -0.1) is 0 Å². The summed E-state index contributed by atoms with van der Waals surface area (Å²) in [4.78, 5) is 34.2. The Labute approximate surface area is 156 Å². The summed E-state index contributed by atoms with van der Waals surface area (Å²) in [5.74, 6) is -0.339. The van der Waals surface area contributed by atoms with Crippen LogP contribution in [0.1, 0.15) is 18.9 Å². The van der Waals surface area contributed by atoms with Gasteiger partial charge in [0.05, 0.1) is 12.0 Å². The number of nitro groups is 1. The second-order valence-corrected chi connectivity index (χ2v) is 5.78. The third kappa shape index (κ3) is 6.10. The normalized spacial score (nSPS) is 11.3. The van der Waals surface area contributed by atoms with E-state index in [1.165, 1.54) is 31.2 Å². The monoisotopic (exact) mass is 372 g/mol. The molecule has 27 heavy (non-hydrogen) atoms. The summed E-state index contributed by atoms with van der Waals surface area (Å²) in [7, 11) is 1.58. The zero-order chi connectivity index (χ0) is 19.8. The van der Waals surface area contributed by atoms with Gasteiger partial charge in [0, 0.05) is 24.2 Å². The number of ether oxygens (including phenoxy) is 2. The second-order valence-electron chi connectivity index (χ2n) is 5.78. The van der Waals surface area contributed by atoms with Crippen molar-refractivity contribution in [2.24, 2.45) is 0 Å². The van der Waals surface area contributed by atoms with Gasteiger partial charge in [-0.1, -0.05) is 18.2 Å². The van der Waals surface area contributed by atoms with E-state index in [0.29, 0.717) is 6.42 Å². The topological polar surface area (TPSA) is 108 Å². The summed E-state index contributed by atoms with van der Waals surface area (Å²) in [6.07, 6.45) is -0.421. The Hall–Kier alpha value is -3.42. The molecule has 8 heteroatoms. The van der Waals surface area contributed by atoms with Crippen LogP contribution in [0, 0.1) is 10.1 Å². The SMILES string of the molecule is COc1ccc(CCC(=O)OC(C)C(=O)Nc2cccc([N+](=O)[O-])c2)cc1. The third-order valence-electron chi connectivity index (χ3n) is 3.78. The summed E-state index contributed by atoms with van der Waals surface area (Å²) in [6.45, 7) is 1.44. The van der Waals surface area contributed by atoms with Gasteiger partial charge in [-0.2, -0.15) is 0 Å². The lowest BCUT2D eigenvalue weighted by molar-refractivity contribution is -0.384. The number of rotatable bonds is 8. The molecule has 2 aromatic rings. The van der Waals surface area contributed by atoms with Gasteiger partial charge in [-0.05, 0) is 37.1 Å². The predicted octanol–water partition coefficient (Wildman–Crippen LogP) is 3.11. The van der Waals surface area contributed by atoms with Crippen molar-refractivity contribution < 1.29 is 24.0 Å². The number of benzene rings is 2. The zero-order valence-electron chi connectivity index (χ0n) is 15.0. The quantitative estimate of drug-likeness (QED) is 0.433. The van der Waals surface area contributed by atoms with E-state index in [1.54, 1.807) is 19.2 Å². The van der Waals surface area contributed by atoms with E-state index in [-0.39, 0.29) is 17.8 Å². The fourth-order valence-corrected chi connectivity index (χ4v) is 2.29. The second kappa shape index (κ2) is 9.33. The molecule has 2 rings (SSSR count). The molecule has 8 nitrogen and oxygen atoms in total. The van der Waals surface area contributed by atoms with Crippen LogP contribution in [-0.4, -0.2) is 30.0 Å². The minimum Gasteiger partial charge on any atom is -0.497 e. The molecular weight excluding hydrogens is 352 g/mol. The molecule has 2 aromatic carbocycles. The molecule has 0 bridgehead atoms. The number of nitro benzene ring substituents is 1. The number of nitrogens with zero attached hydrogens (tertiary/aromatic N) is 1. The number of aryl methyl sites for hydroxylation is 1. The highest BCUT2D eigenvalue weighted by molar-refractivity contribution is 5.95. The number of amides is 1. The van der Waals surface area contributed by atoms with Gasteiger partial charge in [0.2, 0.25) is 0 Å². The minimum atomic E-state index is -1.02. The van der Waals surface area contributed by atoms with Gasteiger partial charge in [-0.3, -0.25) is 19.7 Å². The van der Waals surface area contributed by atoms with Crippen molar-refractivity contribution in [3.8, 4) is 5.75 Å². The van der Waals surface area contributed by atoms with Crippen LogP contribution in [0.25, 0.3) is 0 Å². The van der Waals surface area contributed by atoms with Crippen LogP contribution in [0.15, 0.2) is 48.5 Å². The molecule has 0 saturated carbocycles. The predicted molar refractivity (Wildman–Crippen MR) is 98.6 cm³/mol. The van der Waals surface area contributed by atoms with Crippen LogP contribution in [0.2, 0.25) is 0 Å². The summed E-state index contributed by atoms with van der Waals surface area (Å²) in [5, 5.41) is 13.3. The highest BCUT2D eigenvalue weighted by Gasteiger charge is 2.18. The lowest BCUT2D eigenvalue weighted by atomic mass is 10.1. The number of hydrogen-bond acceptors (Lipinski definition) is 6. The van der Waals surface area contributed by atoms with Crippen LogP contribution >= 0.6 is 0 Å². The molecule has 1 amide bonds. The molecule has 0 aromatic heterocycles. The number of hydrogen-bond donors (Lipinski definition) is 1. The molecule has 0 aliphatic heterocycles. The lowest BCUT2D eigenvalue weighted by Gasteiger charge is -2.13. The van der Waals surface area contributed by atoms with E-state index < -0.39 is 22.9 Å². The van der Waals surface area contributed by atoms with Crippen molar-refractivity contribution in [2.75, 3.05) is 12.4 Å². The Kier molecular flexibility index (Phi) is 6.87. The van der Waals surface area contributed by atoms with Crippen LogP contribution in [0.3, 0.4) is 0 Å². The molecule has 0 radical (unpaired) electrons. The number of carbonyl (C=O) groups excluding carboxylic acids is 2. The van der Waals surface area contributed by atoms with E-state index in [4.69, 9.17) is 9.47 Å². The van der Waals surface area contributed by atoms with Crippen LogP contribution in [-0.2, 0) is 20.7 Å². The zero-order valence-corrected chi connectivity index (χ0v) is 15.0. The van der Waals surface area contributed by atoms with Gasteiger partial charge >= 0.3 is 5.97 Å². The highest BCUT2D eigenvalue weighted by atomic mass is 16.6. The molecular formula is C19H20N2O6. The van der Waals surface area contributed by atoms with E-state index in [1.807, 2.05) is 12.1 Å². The van der Waals surface area contributed by atoms with Gasteiger partial charge in [0.15, 0.2) is 6.10 Å². The molecule has 0 fully saturated rings. The first-order chi connectivity index (χ1) is 12.9. The first-order valence-corrected chi connectivity index (χ1v) is 8.27. The maximum atomic E-state index is 12.1. The van der Waals surface area contributed by atoms with Crippen molar-refractivity contribution in [1.82, 2.24) is 0 Å². The van der Waals surface area contributed by atoms with Crippen molar-refractivity contribution in [1.29, 1.82) is 0 Å². The summed E-state index contributed by atoms with van der Waals surface area (Å²) >= 11 is 0. The molecule has 142 valence electrons. The average molecular weight is 372 g/mol. The fourth-order valence-electron chi connectivity index (χ4n) is 2.29. The lowest BCUT2D eigenvalue weighted by Crippen LogP contribution is -2.30. The number of anilines is 1. The minimum absolute atomic E-state index is 0.126. The number of non-ortho nitro benzene ring substituents is 1. The third-order valence-corrected chi connectivity index (χ3v) is 3.78. The maximum absolute atomic E-state index is 12.1. The smallest absolute Gasteiger partial charge is 0.306 e. The Morgan fingerprint density at radius 1 is 1.19 bits per heavy atom. The van der Waals surface area contributed by atoms with Gasteiger partial charge in [0.25, 0.3) is 11.6 Å². The van der Waals surface area contributed by atoms with Gasteiger partial charge in [-0.25, -0.2) is 0 Å². The van der Waals surface area contributed by atoms with E-state index in [9.17, 15) is 19.7 Å². The Bertz CT molecular complexity index is 819. The standard InChI is InChI=1S/C19H20N2O6/c1-13(19(23)20-15-4-3-5-16(12-15)21(24)25)27-18(22)11-8-14-6-9-17(26-2)10-7-14/h3-7,9-10,12-13H,8,11H2,1-2H3,(H,20,23). The summed E-state index contributed by atoms with van der Waals surface area (Å²) in [5.41, 5.74) is 1.06. The maximum Gasteiger partial charge on any atom is 0.306 e. The van der Waals surface area contributed by atoms with Crippen molar-refractivity contribution >= 4 is 23.3 Å². The molecule has 1 unspecified atom stereocenters. The van der Waals surface area contributed by atoms with E-state index in [0.717, 1.165) is 11.3 Å². The first kappa shape index (κ1) is 19.9. The Morgan fingerprint density at radius 3 is 2.52 bits per heavy atom. The fraction of sp³-hybridized carbons (Fsp3) is 0.263. The van der Waals surface area contributed by atoms with E-state index >= 15 is 0 Å². The molecule has 1 N–H and O–H groups in total. The molecule has 1 atom stereocenters. The molecule has 0 spiro atoms. The molecule has 0 heterocycles. The van der Waals surface area contributed by atoms with Crippen LogP contribution < -0.4 is 10.1 Å². The van der Waals surface area contributed by atoms with Gasteiger partial charge in [0.1, 0.15) is 5.75 Å². The largest absolute Gasteiger partial charge is 0.497 e. The number of methoxy groups -OCH3 is 1. The number of carbonyl (C=O) groups is 2. The summed E-state index contributed by atoms with van der Waals surface area (Å²) < 4.78 is 10.2. The van der Waals surface area contributed by atoms with Crippen molar-refractivity contribution in [3.63, 3.8) is 0 Å². The van der Waals surface area contributed by atoms with Crippen LogP contribution in [0.5, 0.6) is 5.75 Å². The van der Waals surface area contributed by atoms with Crippen molar-refractivity contribution in [2.45, 2.75) is 25.9 Å². The Morgan fingerprint density at radius 2 is 1.89 bits per heavy atom. The van der Waals surface area contributed by atoms with E-state index in [2.05, 4.69) is 5.32 Å². The average Bonchev–Trinajstić information content (AvgIpc) is 2.66. The Balaban J connectivity index is 1.83. The molecule has 0 aliphatic rings. The van der Waals surface area contributed by atoms with Gasteiger partial charge < -0.3 is 14.8 Å². The van der Waals surface area contributed by atoms with Crippen molar-refractivity contribution in [3.05, 3.63) is 64.2 Å².